The Balaban J connectivity index is 0.000000127. The monoisotopic (exact) mass is 487 g/mol. The van der Waals surface area contributed by atoms with Gasteiger partial charge in [0, 0.05) is 30.7 Å². The van der Waals surface area contributed by atoms with E-state index in [1.165, 1.54) is 64.3 Å². The number of aromatic amines is 1. The molecule has 0 radical (unpaired) electrons. The van der Waals surface area contributed by atoms with Crippen LogP contribution in [0.4, 0.5) is 0 Å². The number of aromatic nitrogens is 7. The van der Waals surface area contributed by atoms with E-state index in [0.717, 1.165) is 0 Å². The average Bonchev–Trinajstić information content (AvgIpc) is 2.87. The number of H-pyrrole nitrogens is 1. The maximum atomic E-state index is 11.1. The number of aromatic hydroxyl groups is 3. The van der Waals surface area contributed by atoms with Crippen LogP contribution in [0.15, 0.2) is 94.3 Å². The van der Waals surface area contributed by atoms with Gasteiger partial charge in [0.15, 0.2) is 22.8 Å². The quantitative estimate of drug-likeness (QED) is 0.239. The number of phenolic OH excluding ortho intramolecular Hbond substituents is 1. The third-order valence-electron chi connectivity index (χ3n) is 4.73. The normalized spacial score (nSPS) is 10.3. The molecule has 0 aliphatic heterocycles. The number of pyridine rings is 1. The van der Waals surface area contributed by atoms with Crippen LogP contribution in [0.25, 0.3) is 22.2 Å². The Morgan fingerprint density at radius 1 is 0.722 bits per heavy atom. The fraction of sp³-hybridized carbons (Fsp3) is 0. The zero-order chi connectivity index (χ0) is 25.7. The second kappa shape index (κ2) is 10.1. The highest BCUT2D eigenvalue weighted by atomic mass is 16.3. The van der Waals surface area contributed by atoms with Gasteiger partial charge in [0.25, 0.3) is 16.7 Å². The van der Waals surface area contributed by atoms with Crippen LogP contribution in [0.2, 0.25) is 0 Å². The number of nitrogens with one attached hydrogen (secondary N) is 1. The van der Waals surface area contributed by atoms with Crippen LogP contribution in [0, 0.1) is 0 Å². The molecular weight excluding hydrogens is 470 g/mol. The Morgan fingerprint density at radius 2 is 1.39 bits per heavy atom. The summed E-state index contributed by atoms with van der Waals surface area (Å²) in [5, 5.41) is 28.2. The van der Waals surface area contributed by atoms with E-state index in [0.29, 0.717) is 10.9 Å². The molecule has 0 saturated heterocycles. The molecule has 13 heteroatoms. The van der Waals surface area contributed by atoms with Gasteiger partial charge in [-0.3, -0.25) is 18.8 Å². The Bertz CT molecular complexity index is 1650. The lowest BCUT2D eigenvalue weighted by atomic mass is 10.2. The molecule has 0 unspecified atom stereocenters. The van der Waals surface area contributed by atoms with Crippen molar-refractivity contribution < 1.29 is 15.3 Å². The summed E-state index contributed by atoms with van der Waals surface area (Å²) >= 11 is 0. The maximum Gasteiger partial charge on any atom is 0.259 e. The van der Waals surface area contributed by atoms with Crippen molar-refractivity contribution in [3.63, 3.8) is 0 Å². The molecule has 36 heavy (non-hydrogen) atoms. The Kier molecular flexibility index (Phi) is 6.63. The zero-order valence-corrected chi connectivity index (χ0v) is 18.3. The molecular formula is C23H17N7O6. The molecule has 1 aromatic carbocycles. The largest absolute Gasteiger partial charge is 0.506 e. The van der Waals surface area contributed by atoms with Crippen LogP contribution >= 0.6 is 0 Å². The predicted octanol–water partition coefficient (Wildman–Crippen LogP) is 0.824. The number of fused-ring (bicyclic) bond motifs is 3. The van der Waals surface area contributed by atoms with Crippen molar-refractivity contribution in [1.29, 1.82) is 0 Å². The highest BCUT2D eigenvalue weighted by Gasteiger charge is 2.02. The standard InChI is InChI=1S/2C8H6N2O2.C7H5N3O2/c11-6-2-1-5-10-7(12)3-4-9-8(6)10;11-6-3-1-2-5-7(6)9-4-10-8(5)12;11-5-3-8-4-10-6(12)1-2-9-7(5)10/h1-5,11H;1-4,11H,(H,9,10,12);1-4,11H. The first-order valence-electron chi connectivity index (χ1n) is 10.2. The topological polar surface area (TPSA) is 188 Å². The van der Waals surface area contributed by atoms with Crippen molar-refractivity contribution >= 4 is 22.2 Å². The molecule has 0 spiro atoms. The summed E-state index contributed by atoms with van der Waals surface area (Å²) in [6.07, 6.45) is 8.09. The minimum atomic E-state index is -0.261. The van der Waals surface area contributed by atoms with Gasteiger partial charge in [-0.15, -0.1) is 0 Å². The van der Waals surface area contributed by atoms with E-state index in [4.69, 9.17) is 0 Å². The molecule has 180 valence electrons. The maximum absolute atomic E-state index is 11.1. The molecule has 4 N–H and O–H groups in total. The molecule has 0 bridgehead atoms. The zero-order valence-electron chi connectivity index (χ0n) is 18.3. The summed E-state index contributed by atoms with van der Waals surface area (Å²) in [5.74, 6) is -0.0657. The van der Waals surface area contributed by atoms with Gasteiger partial charge in [0.05, 0.1) is 17.9 Å². The molecule has 6 rings (SSSR count). The van der Waals surface area contributed by atoms with Gasteiger partial charge < -0.3 is 20.3 Å². The van der Waals surface area contributed by atoms with Gasteiger partial charge in [-0.1, -0.05) is 6.07 Å². The number of para-hydroxylation sites is 1. The lowest BCUT2D eigenvalue weighted by Crippen LogP contribution is -2.12. The molecule has 0 aliphatic carbocycles. The smallest absolute Gasteiger partial charge is 0.259 e. The van der Waals surface area contributed by atoms with E-state index in [2.05, 4.69) is 24.9 Å². The Hall–Kier alpha value is -5.59. The van der Waals surface area contributed by atoms with Gasteiger partial charge >= 0.3 is 0 Å². The number of hydrogen-bond donors (Lipinski definition) is 4. The van der Waals surface area contributed by atoms with Gasteiger partial charge in [-0.05, 0) is 24.3 Å². The van der Waals surface area contributed by atoms with Crippen molar-refractivity contribution in [2.24, 2.45) is 0 Å². The molecule has 13 nitrogen and oxygen atoms in total. The fourth-order valence-electron chi connectivity index (χ4n) is 3.08. The third-order valence-corrected chi connectivity index (χ3v) is 4.73. The molecule has 0 saturated carbocycles. The fourth-order valence-corrected chi connectivity index (χ4v) is 3.08. The molecule has 6 aromatic rings. The van der Waals surface area contributed by atoms with Crippen molar-refractivity contribution in [2.75, 3.05) is 0 Å². The van der Waals surface area contributed by atoms with E-state index in [1.807, 2.05) is 0 Å². The summed E-state index contributed by atoms with van der Waals surface area (Å²) < 4.78 is 2.46. The predicted molar refractivity (Wildman–Crippen MR) is 128 cm³/mol. The number of hydrogen-bond acceptors (Lipinski definition) is 10. The first kappa shape index (κ1) is 23.6. The minimum absolute atomic E-state index is 0.00944. The van der Waals surface area contributed by atoms with Crippen LogP contribution in [-0.4, -0.2) is 49.0 Å². The van der Waals surface area contributed by atoms with Crippen LogP contribution in [-0.2, 0) is 0 Å². The van der Waals surface area contributed by atoms with E-state index in [-0.39, 0.29) is 45.2 Å². The Morgan fingerprint density at radius 3 is 2.06 bits per heavy atom. The van der Waals surface area contributed by atoms with Gasteiger partial charge in [0.1, 0.15) is 17.6 Å². The van der Waals surface area contributed by atoms with E-state index >= 15 is 0 Å². The molecule has 0 amide bonds. The second-order valence-corrected chi connectivity index (χ2v) is 7.03. The van der Waals surface area contributed by atoms with Crippen molar-refractivity contribution in [3.05, 3.63) is 111 Å². The lowest BCUT2D eigenvalue weighted by Gasteiger charge is -1.98. The van der Waals surface area contributed by atoms with Crippen LogP contribution < -0.4 is 16.7 Å². The lowest BCUT2D eigenvalue weighted by molar-refractivity contribution is 0.473. The summed E-state index contributed by atoms with van der Waals surface area (Å²) in [7, 11) is 0. The van der Waals surface area contributed by atoms with E-state index < -0.39 is 0 Å². The molecule has 0 fully saturated rings. The van der Waals surface area contributed by atoms with Crippen molar-refractivity contribution in [1.82, 2.24) is 33.7 Å². The molecule has 5 aromatic heterocycles. The highest BCUT2D eigenvalue weighted by Crippen LogP contribution is 2.17. The minimum Gasteiger partial charge on any atom is -0.506 e. The summed E-state index contributed by atoms with van der Waals surface area (Å²) in [4.78, 5) is 50.9. The van der Waals surface area contributed by atoms with Gasteiger partial charge in [-0.2, -0.15) is 0 Å². The summed E-state index contributed by atoms with van der Waals surface area (Å²) in [6, 6.07) is 10.4. The third kappa shape index (κ3) is 4.84. The molecule has 0 aliphatic rings. The second-order valence-electron chi connectivity index (χ2n) is 7.03. The first-order chi connectivity index (χ1) is 17.4. The van der Waals surface area contributed by atoms with Crippen molar-refractivity contribution in [3.8, 4) is 17.2 Å². The summed E-state index contributed by atoms with van der Waals surface area (Å²) in [6.45, 7) is 0. The molecule has 0 atom stereocenters. The number of rotatable bonds is 0. The number of benzene rings is 1. The average molecular weight is 487 g/mol. The molecule has 5 heterocycles. The van der Waals surface area contributed by atoms with E-state index in [1.54, 1.807) is 24.4 Å². The Labute approximate surface area is 199 Å². The summed E-state index contributed by atoms with van der Waals surface area (Å²) in [5.41, 5.74) is 0.138. The SMILES string of the molecule is O=c1[nH]cnc2c(O)cccc12.O=c1ccnc2c(O)cccn12.O=c1ccnc2c(O)cncn12. The number of nitrogens with zero attached hydrogens (tertiary/aromatic N) is 6. The number of phenols is 1. The van der Waals surface area contributed by atoms with E-state index in [9.17, 15) is 29.7 Å². The van der Waals surface area contributed by atoms with Crippen molar-refractivity contribution in [2.45, 2.75) is 0 Å². The highest BCUT2D eigenvalue weighted by molar-refractivity contribution is 5.82. The van der Waals surface area contributed by atoms with Crippen LogP contribution in [0.1, 0.15) is 0 Å². The van der Waals surface area contributed by atoms with Crippen LogP contribution in [0.3, 0.4) is 0 Å². The van der Waals surface area contributed by atoms with Gasteiger partial charge in [-0.25, -0.2) is 24.3 Å². The first-order valence-corrected chi connectivity index (χ1v) is 10.2. The van der Waals surface area contributed by atoms with Gasteiger partial charge in [0.2, 0.25) is 0 Å². The van der Waals surface area contributed by atoms with Crippen LogP contribution in [0.5, 0.6) is 17.2 Å².